The van der Waals surface area contributed by atoms with Crippen molar-refractivity contribution < 1.29 is 14.3 Å². The van der Waals surface area contributed by atoms with E-state index in [-0.39, 0.29) is 11.1 Å². The summed E-state index contributed by atoms with van der Waals surface area (Å²) in [5, 5.41) is 3.73. The average Bonchev–Trinajstić information content (AvgIpc) is 3.18. The van der Waals surface area contributed by atoms with E-state index in [2.05, 4.69) is 9.88 Å². The molecular formula is C20H15ClN2O3S. The molecule has 0 radical (unpaired) electrons. The first kappa shape index (κ1) is 17.7. The fraction of sp³-hybridized carbons (Fsp3) is 0.100. The lowest BCUT2D eigenvalue weighted by molar-refractivity contribution is -0.115. The van der Waals surface area contributed by atoms with Gasteiger partial charge in [-0.25, -0.2) is 0 Å². The molecule has 1 aliphatic heterocycles. The van der Waals surface area contributed by atoms with Gasteiger partial charge >= 0.3 is 0 Å². The van der Waals surface area contributed by atoms with E-state index in [1.165, 1.54) is 0 Å². The highest BCUT2D eigenvalue weighted by atomic mass is 35.5. The van der Waals surface area contributed by atoms with Crippen molar-refractivity contribution in [3.05, 3.63) is 70.2 Å². The largest absolute Gasteiger partial charge is 0.492 e. The van der Waals surface area contributed by atoms with Crippen LogP contribution in [0.4, 0.5) is 4.79 Å². The molecule has 1 N–H and O–H groups in total. The first-order valence-corrected chi connectivity index (χ1v) is 9.50. The molecule has 0 unspecified atom stereocenters. The number of nitrogens with zero attached hydrogens (tertiary/aromatic N) is 1. The van der Waals surface area contributed by atoms with Crippen LogP contribution in [0.15, 0.2) is 59.6 Å². The maximum absolute atomic E-state index is 11.6. The molecule has 0 spiro atoms. The Kier molecular flexibility index (Phi) is 4.92. The summed E-state index contributed by atoms with van der Waals surface area (Å²) in [7, 11) is 0. The van der Waals surface area contributed by atoms with Gasteiger partial charge < -0.3 is 9.30 Å². The molecular weight excluding hydrogens is 384 g/mol. The summed E-state index contributed by atoms with van der Waals surface area (Å²) in [4.78, 5) is 23.1. The van der Waals surface area contributed by atoms with E-state index in [4.69, 9.17) is 16.3 Å². The molecule has 4 rings (SSSR count). The maximum atomic E-state index is 11.6. The van der Waals surface area contributed by atoms with Crippen molar-refractivity contribution in [3.63, 3.8) is 0 Å². The molecule has 3 aromatic rings. The van der Waals surface area contributed by atoms with Crippen molar-refractivity contribution >= 4 is 51.5 Å². The van der Waals surface area contributed by atoms with E-state index in [0.29, 0.717) is 11.5 Å². The zero-order chi connectivity index (χ0) is 18.8. The first-order valence-electron chi connectivity index (χ1n) is 8.31. The molecule has 0 saturated carbocycles. The van der Waals surface area contributed by atoms with Gasteiger partial charge in [-0.05, 0) is 59.8 Å². The Bertz CT molecular complexity index is 1060. The van der Waals surface area contributed by atoms with E-state index >= 15 is 0 Å². The maximum Gasteiger partial charge on any atom is 0.290 e. The number of hydrogen-bond donors (Lipinski definition) is 1. The van der Waals surface area contributed by atoms with Crippen LogP contribution in [0.25, 0.3) is 17.0 Å². The number of nitrogens with one attached hydrogen (secondary N) is 1. The van der Waals surface area contributed by atoms with Gasteiger partial charge in [0.1, 0.15) is 12.4 Å². The number of imide groups is 1. The van der Waals surface area contributed by atoms with E-state index in [9.17, 15) is 9.59 Å². The van der Waals surface area contributed by atoms with Crippen LogP contribution in [-0.2, 0) is 11.3 Å². The Morgan fingerprint density at radius 2 is 1.93 bits per heavy atom. The zero-order valence-corrected chi connectivity index (χ0v) is 15.7. The molecule has 2 amide bonds. The topological polar surface area (TPSA) is 60.3 Å². The molecule has 0 aliphatic carbocycles. The van der Waals surface area contributed by atoms with Gasteiger partial charge in [-0.1, -0.05) is 23.7 Å². The minimum Gasteiger partial charge on any atom is -0.492 e. The Morgan fingerprint density at radius 1 is 1.11 bits per heavy atom. The summed E-state index contributed by atoms with van der Waals surface area (Å²) >= 11 is 6.92. The third-order valence-corrected chi connectivity index (χ3v) is 5.20. The van der Waals surface area contributed by atoms with Gasteiger partial charge in [-0.3, -0.25) is 14.9 Å². The van der Waals surface area contributed by atoms with Crippen LogP contribution in [0, 0.1) is 0 Å². The van der Waals surface area contributed by atoms with Gasteiger partial charge in [-0.2, -0.15) is 0 Å². The molecule has 2 aromatic carbocycles. The van der Waals surface area contributed by atoms with E-state index < -0.39 is 0 Å². The lowest BCUT2D eigenvalue weighted by Gasteiger charge is -2.09. The quantitative estimate of drug-likeness (QED) is 0.633. The SMILES string of the molecule is O=C1NC(=O)/C(=C\c2ccc(OCCn3ccc4cc(Cl)ccc43)cc2)S1. The molecule has 5 nitrogen and oxygen atoms in total. The number of thioether (sulfide) groups is 1. The van der Waals surface area contributed by atoms with Crippen LogP contribution in [0.5, 0.6) is 5.75 Å². The normalized spacial score (nSPS) is 15.5. The number of amides is 2. The summed E-state index contributed by atoms with van der Waals surface area (Å²) < 4.78 is 7.93. The van der Waals surface area contributed by atoms with Crippen molar-refractivity contribution in [2.24, 2.45) is 0 Å². The Hall–Kier alpha value is -2.70. The van der Waals surface area contributed by atoms with Gasteiger partial charge in [0, 0.05) is 22.1 Å². The Labute approximate surface area is 164 Å². The standard InChI is InChI=1S/C20H15ClN2O3S/c21-15-3-6-17-14(12-15)7-8-23(17)9-10-26-16-4-1-13(2-5-16)11-18-19(24)22-20(25)27-18/h1-8,11-12H,9-10H2,(H,22,24,25)/b18-11+. The fourth-order valence-corrected chi connectivity index (χ4v) is 3.72. The molecule has 27 heavy (non-hydrogen) atoms. The summed E-state index contributed by atoms with van der Waals surface area (Å²) in [5.74, 6) is 0.391. The van der Waals surface area contributed by atoms with Crippen molar-refractivity contribution in [3.8, 4) is 5.75 Å². The second kappa shape index (κ2) is 7.50. The van der Waals surface area contributed by atoms with Crippen LogP contribution >= 0.6 is 23.4 Å². The summed E-state index contributed by atoms with van der Waals surface area (Å²) in [5.41, 5.74) is 1.95. The summed E-state index contributed by atoms with van der Waals surface area (Å²) in [6.45, 7) is 1.25. The molecule has 1 aliphatic rings. The highest BCUT2D eigenvalue weighted by Gasteiger charge is 2.24. The predicted molar refractivity (Wildman–Crippen MR) is 108 cm³/mol. The number of ether oxygens (including phenoxy) is 1. The van der Waals surface area contributed by atoms with Crippen molar-refractivity contribution in [1.29, 1.82) is 0 Å². The van der Waals surface area contributed by atoms with Crippen molar-refractivity contribution in [2.75, 3.05) is 6.61 Å². The van der Waals surface area contributed by atoms with Gasteiger partial charge in [0.05, 0.1) is 11.4 Å². The molecule has 0 bridgehead atoms. The second-order valence-corrected chi connectivity index (χ2v) is 7.43. The average molecular weight is 399 g/mol. The molecule has 136 valence electrons. The zero-order valence-electron chi connectivity index (χ0n) is 14.1. The number of carbonyl (C=O) groups excluding carboxylic acids is 2. The monoisotopic (exact) mass is 398 g/mol. The molecule has 1 fully saturated rings. The van der Waals surface area contributed by atoms with Gasteiger partial charge in [0.2, 0.25) is 0 Å². The highest BCUT2D eigenvalue weighted by molar-refractivity contribution is 8.18. The minimum atomic E-state index is -0.356. The highest BCUT2D eigenvalue weighted by Crippen LogP contribution is 2.26. The van der Waals surface area contributed by atoms with E-state index in [1.54, 1.807) is 6.08 Å². The Balaban J connectivity index is 1.37. The third-order valence-electron chi connectivity index (χ3n) is 4.15. The third kappa shape index (κ3) is 4.02. The molecule has 0 atom stereocenters. The number of carbonyl (C=O) groups is 2. The predicted octanol–water partition coefficient (Wildman–Crippen LogP) is 4.70. The number of rotatable bonds is 5. The molecule has 1 saturated heterocycles. The summed E-state index contributed by atoms with van der Waals surface area (Å²) in [6, 6.07) is 15.3. The van der Waals surface area contributed by atoms with Crippen molar-refractivity contribution in [2.45, 2.75) is 6.54 Å². The van der Waals surface area contributed by atoms with Crippen LogP contribution in [0.2, 0.25) is 5.02 Å². The number of fused-ring (bicyclic) bond motifs is 1. The number of halogens is 1. The first-order chi connectivity index (χ1) is 13.1. The number of aromatic nitrogens is 1. The molecule has 1 aromatic heterocycles. The van der Waals surface area contributed by atoms with Gasteiger partial charge in [-0.15, -0.1) is 0 Å². The van der Waals surface area contributed by atoms with Crippen molar-refractivity contribution in [1.82, 2.24) is 9.88 Å². The smallest absolute Gasteiger partial charge is 0.290 e. The molecule has 7 heteroatoms. The van der Waals surface area contributed by atoms with Crippen LogP contribution in [-0.4, -0.2) is 22.3 Å². The number of benzene rings is 2. The van der Waals surface area contributed by atoms with Gasteiger partial charge in [0.15, 0.2) is 0 Å². The van der Waals surface area contributed by atoms with E-state index in [1.807, 2.05) is 54.7 Å². The van der Waals surface area contributed by atoms with Gasteiger partial charge in [0.25, 0.3) is 11.1 Å². The fourth-order valence-electron chi connectivity index (χ4n) is 2.86. The lowest BCUT2D eigenvalue weighted by atomic mass is 10.2. The second-order valence-electron chi connectivity index (χ2n) is 5.98. The lowest BCUT2D eigenvalue weighted by Crippen LogP contribution is -2.17. The van der Waals surface area contributed by atoms with Crippen LogP contribution in [0.3, 0.4) is 0 Å². The van der Waals surface area contributed by atoms with E-state index in [0.717, 1.165) is 45.5 Å². The minimum absolute atomic E-state index is 0.342. The Morgan fingerprint density at radius 3 is 2.67 bits per heavy atom. The number of hydrogen-bond acceptors (Lipinski definition) is 4. The molecule has 2 heterocycles. The van der Waals surface area contributed by atoms with Crippen LogP contribution in [0.1, 0.15) is 5.56 Å². The van der Waals surface area contributed by atoms with Crippen LogP contribution < -0.4 is 10.1 Å². The summed E-state index contributed by atoms with van der Waals surface area (Å²) in [6.07, 6.45) is 3.71.